The smallest absolute Gasteiger partial charge is 0.328 e. The Balaban J connectivity index is 0.000000293. The Morgan fingerprint density at radius 3 is 2.16 bits per heavy atom. The van der Waals surface area contributed by atoms with Gasteiger partial charge in [-0.2, -0.15) is 0 Å². The minimum absolute atomic E-state index is 0.558. The van der Waals surface area contributed by atoms with Crippen molar-refractivity contribution in [3.63, 3.8) is 0 Å². The van der Waals surface area contributed by atoms with Crippen molar-refractivity contribution in [1.29, 1.82) is 0 Å². The molecule has 2 N–H and O–H groups in total. The number of para-hydroxylation sites is 2. The molecule has 0 amide bonds. The molecule has 1 fully saturated rings. The molecule has 7 nitrogen and oxygen atoms in total. The number of carbonyl (C=O) groups is 2. The van der Waals surface area contributed by atoms with Gasteiger partial charge in [-0.25, -0.2) is 14.6 Å². The Morgan fingerprint density at radius 2 is 1.55 bits per heavy atom. The van der Waals surface area contributed by atoms with E-state index < -0.39 is 11.9 Å². The van der Waals surface area contributed by atoms with Gasteiger partial charge in [0.1, 0.15) is 5.82 Å². The number of halogens is 1. The van der Waals surface area contributed by atoms with Crippen molar-refractivity contribution in [2.24, 2.45) is 0 Å². The van der Waals surface area contributed by atoms with E-state index in [1.165, 1.54) is 37.0 Å². The van der Waals surface area contributed by atoms with Crippen molar-refractivity contribution in [3.8, 4) is 0 Å². The van der Waals surface area contributed by atoms with Gasteiger partial charge in [0.25, 0.3) is 0 Å². The monoisotopic (exact) mass is 441 g/mol. The van der Waals surface area contributed by atoms with E-state index in [0.29, 0.717) is 12.2 Å². The van der Waals surface area contributed by atoms with Crippen LogP contribution < -0.4 is 0 Å². The number of fused-ring (bicyclic) bond motifs is 1. The molecule has 1 aliphatic heterocycles. The highest BCUT2D eigenvalue weighted by atomic mass is 35.5. The fraction of sp³-hybridized carbons (Fsp3) is 0.261. The van der Waals surface area contributed by atoms with Crippen LogP contribution in [0, 0.1) is 0 Å². The van der Waals surface area contributed by atoms with Crippen LogP contribution in [0.1, 0.15) is 24.2 Å². The number of hydrogen-bond donors (Lipinski definition) is 2. The summed E-state index contributed by atoms with van der Waals surface area (Å²) in [6.45, 7) is 4.14. The predicted molar refractivity (Wildman–Crippen MR) is 119 cm³/mol. The lowest BCUT2D eigenvalue weighted by Crippen LogP contribution is -2.21. The summed E-state index contributed by atoms with van der Waals surface area (Å²) in [5, 5.41) is 16.4. The Hall–Kier alpha value is -3.16. The fourth-order valence-electron chi connectivity index (χ4n) is 3.48. The normalized spacial score (nSPS) is 14.0. The van der Waals surface area contributed by atoms with Crippen LogP contribution in [0.5, 0.6) is 0 Å². The molecule has 1 aromatic heterocycles. The van der Waals surface area contributed by atoms with Gasteiger partial charge < -0.3 is 14.8 Å². The first kappa shape index (κ1) is 22.5. The van der Waals surface area contributed by atoms with Crippen LogP contribution in [0.25, 0.3) is 11.0 Å². The molecule has 0 radical (unpaired) electrons. The molecule has 162 valence electrons. The minimum atomic E-state index is -1.26. The number of imidazole rings is 1. The van der Waals surface area contributed by atoms with Crippen LogP contribution in [0.2, 0.25) is 5.02 Å². The van der Waals surface area contributed by atoms with Crippen LogP contribution in [-0.4, -0.2) is 49.7 Å². The molecule has 0 bridgehead atoms. The molecule has 1 saturated heterocycles. The summed E-state index contributed by atoms with van der Waals surface area (Å²) in [6, 6.07) is 16.5. The molecule has 8 heteroatoms. The first-order valence-electron chi connectivity index (χ1n) is 9.97. The molecule has 0 atom stereocenters. The fourth-order valence-corrected chi connectivity index (χ4v) is 3.60. The highest BCUT2D eigenvalue weighted by Gasteiger charge is 2.17. The van der Waals surface area contributed by atoms with Gasteiger partial charge in [0, 0.05) is 23.7 Å². The van der Waals surface area contributed by atoms with Crippen molar-refractivity contribution in [2.75, 3.05) is 13.1 Å². The molecule has 0 unspecified atom stereocenters. The van der Waals surface area contributed by atoms with E-state index in [1.54, 1.807) is 0 Å². The molecule has 0 aliphatic carbocycles. The third-order valence-corrected chi connectivity index (χ3v) is 5.17. The van der Waals surface area contributed by atoms with E-state index in [4.69, 9.17) is 26.8 Å². The van der Waals surface area contributed by atoms with Crippen molar-refractivity contribution in [2.45, 2.75) is 25.9 Å². The number of likely N-dealkylation sites (tertiary alicyclic amines) is 1. The van der Waals surface area contributed by atoms with Gasteiger partial charge in [-0.3, -0.25) is 4.90 Å². The number of hydrogen-bond acceptors (Lipinski definition) is 4. The molecular weight excluding hydrogens is 418 g/mol. The van der Waals surface area contributed by atoms with Gasteiger partial charge in [-0.15, -0.1) is 0 Å². The molecule has 31 heavy (non-hydrogen) atoms. The van der Waals surface area contributed by atoms with Crippen molar-refractivity contribution in [1.82, 2.24) is 14.5 Å². The Labute approximate surface area is 185 Å². The van der Waals surface area contributed by atoms with E-state index in [2.05, 4.69) is 45.9 Å². The number of rotatable bonds is 6. The second kappa shape index (κ2) is 10.7. The Bertz CT molecular complexity index is 1050. The van der Waals surface area contributed by atoms with Crippen LogP contribution in [-0.2, 0) is 22.7 Å². The summed E-state index contributed by atoms with van der Waals surface area (Å²) in [5.41, 5.74) is 3.53. The SMILES string of the molecule is Clc1ccc(Cn2c(CN3CCCC3)nc3ccccc32)cc1.O=C(O)/C=C/C(=O)O. The van der Waals surface area contributed by atoms with E-state index >= 15 is 0 Å². The maximum Gasteiger partial charge on any atom is 0.328 e. The summed E-state index contributed by atoms with van der Waals surface area (Å²) < 4.78 is 2.34. The second-order valence-electron chi connectivity index (χ2n) is 7.22. The average Bonchev–Trinajstić information content (AvgIpc) is 3.37. The van der Waals surface area contributed by atoms with E-state index in [-0.39, 0.29) is 0 Å². The predicted octanol–water partition coefficient (Wildman–Crippen LogP) is 4.05. The number of benzene rings is 2. The van der Waals surface area contributed by atoms with Gasteiger partial charge in [-0.1, -0.05) is 35.9 Å². The summed E-state index contributed by atoms with van der Waals surface area (Å²) in [5.74, 6) is -1.36. The number of carboxylic acid groups (broad SMARTS) is 2. The van der Waals surface area contributed by atoms with Crippen LogP contribution >= 0.6 is 11.6 Å². The highest BCUT2D eigenvalue weighted by molar-refractivity contribution is 6.30. The summed E-state index contributed by atoms with van der Waals surface area (Å²) in [4.78, 5) is 26.5. The summed E-state index contributed by atoms with van der Waals surface area (Å²) in [6.07, 6.45) is 3.72. The van der Waals surface area contributed by atoms with E-state index in [0.717, 1.165) is 29.5 Å². The number of aliphatic carboxylic acids is 2. The van der Waals surface area contributed by atoms with Crippen molar-refractivity contribution in [3.05, 3.63) is 77.1 Å². The summed E-state index contributed by atoms with van der Waals surface area (Å²) >= 11 is 6.01. The average molecular weight is 442 g/mol. The lowest BCUT2D eigenvalue weighted by atomic mass is 10.2. The Kier molecular flexibility index (Phi) is 7.81. The van der Waals surface area contributed by atoms with Crippen LogP contribution in [0.3, 0.4) is 0 Å². The molecular formula is C23H24ClN3O4. The van der Waals surface area contributed by atoms with Gasteiger partial charge in [0.2, 0.25) is 0 Å². The molecule has 0 saturated carbocycles. The number of aromatic nitrogens is 2. The molecule has 1 aliphatic rings. The van der Waals surface area contributed by atoms with Gasteiger partial charge in [0.15, 0.2) is 0 Å². The van der Waals surface area contributed by atoms with Crippen molar-refractivity contribution >= 4 is 34.6 Å². The maximum absolute atomic E-state index is 9.55. The van der Waals surface area contributed by atoms with Crippen LogP contribution in [0.4, 0.5) is 0 Å². The maximum atomic E-state index is 9.55. The highest BCUT2D eigenvalue weighted by Crippen LogP contribution is 2.21. The van der Waals surface area contributed by atoms with E-state index in [1.807, 2.05) is 12.1 Å². The molecule has 2 aromatic carbocycles. The lowest BCUT2D eigenvalue weighted by molar-refractivity contribution is -0.134. The van der Waals surface area contributed by atoms with Gasteiger partial charge in [-0.05, 0) is 55.8 Å². The quantitative estimate of drug-likeness (QED) is 0.560. The first-order chi connectivity index (χ1) is 14.9. The molecule has 0 spiro atoms. The lowest BCUT2D eigenvalue weighted by Gasteiger charge is -2.16. The number of nitrogens with zero attached hydrogens (tertiary/aromatic N) is 3. The second-order valence-corrected chi connectivity index (χ2v) is 7.66. The molecule has 3 aromatic rings. The minimum Gasteiger partial charge on any atom is -0.478 e. The Morgan fingerprint density at radius 1 is 0.935 bits per heavy atom. The third kappa shape index (κ3) is 6.67. The van der Waals surface area contributed by atoms with Gasteiger partial charge >= 0.3 is 11.9 Å². The van der Waals surface area contributed by atoms with Crippen molar-refractivity contribution < 1.29 is 19.8 Å². The topological polar surface area (TPSA) is 95.7 Å². The zero-order valence-corrected chi connectivity index (χ0v) is 17.7. The summed E-state index contributed by atoms with van der Waals surface area (Å²) in [7, 11) is 0. The van der Waals surface area contributed by atoms with Gasteiger partial charge in [0.05, 0.1) is 17.6 Å². The largest absolute Gasteiger partial charge is 0.478 e. The molecule has 4 rings (SSSR count). The first-order valence-corrected chi connectivity index (χ1v) is 10.3. The van der Waals surface area contributed by atoms with E-state index in [9.17, 15) is 9.59 Å². The third-order valence-electron chi connectivity index (χ3n) is 4.92. The van der Waals surface area contributed by atoms with Crippen LogP contribution in [0.15, 0.2) is 60.7 Å². The number of carboxylic acids is 2. The zero-order valence-electron chi connectivity index (χ0n) is 16.9. The molecule has 2 heterocycles. The zero-order chi connectivity index (χ0) is 22.2. The standard InChI is InChI=1S/C19H20ClN3.C4H4O4/c20-16-9-7-15(8-10-16)13-23-18-6-2-1-5-17(18)21-19(23)14-22-11-3-4-12-22;5-3(6)1-2-4(7)8/h1-2,5-10H,3-4,11-14H2;1-2H,(H,5,6)(H,7,8)/b;2-1+.